The number of anilines is 3. The molecule has 2 aliphatic heterocycles. The Bertz CT molecular complexity index is 1330. The molecule has 1 saturated heterocycles. The second kappa shape index (κ2) is 9.90. The molecule has 3 aromatic rings. The lowest BCUT2D eigenvalue weighted by Crippen LogP contribution is -2.46. The molecule has 5 rings (SSSR count). The maximum atomic E-state index is 13.2. The van der Waals surface area contributed by atoms with Crippen molar-refractivity contribution in [1.29, 1.82) is 0 Å². The van der Waals surface area contributed by atoms with Gasteiger partial charge in [0.15, 0.2) is 11.5 Å². The van der Waals surface area contributed by atoms with Gasteiger partial charge in [0.1, 0.15) is 6.33 Å². The second-order valence-electron chi connectivity index (χ2n) is 8.42. The van der Waals surface area contributed by atoms with Gasteiger partial charge in [0.2, 0.25) is 18.4 Å². The van der Waals surface area contributed by atoms with Gasteiger partial charge in [-0.3, -0.25) is 15.0 Å². The van der Waals surface area contributed by atoms with Crippen molar-refractivity contribution in [3.8, 4) is 11.5 Å². The molecule has 1 aromatic heterocycles. The Morgan fingerprint density at radius 3 is 2.54 bits per heavy atom. The van der Waals surface area contributed by atoms with Crippen LogP contribution in [0.5, 0.6) is 11.5 Å². The lowest BCUT2D eigenvalue weighted by atomic mass is 10.1. The zero-order valence-electron chi connectivity index (χ0n) is 19.2. The first kappa shape index (κ1) is 24.8. The zero-order valence-corrected chi connectivity index (χ0v) is 19.9. The number of nitrogens with one attached hydrogen (secondary N) is 1. The van der Waals surface area contributed by atoms with E-state index in [9.17, 15) is 23.3 Å². The molecule has 0 radical (unpaired) electrons. The Kier molecular flexibility index (Phi) is 6.65. The molecular weight excluding hydrogens is 517 g/mol. The third kappa shape index (κ3) is 5.32. The highest BCUT2D eigenvalue weighted by Crippen LogP contribution is 2.39. The summed E-state index contributed by atoms with van der Waals surface area (Å²) >= 11 is 5.68. The van der Waals surface area contributed by atoms with E-state index in [0.29, 0.717) is 44.2 Å². The lowest BCUT2D eigenvalue weighted by molar-refractivity contribution is -0.383. The summed E-state index contributed by atoms with van der Waals surface area (Å²) in [4.78, 5) is 23.4. The van der Waals surface area contributed by atoms with Gasteiger partial charge in [0.05, 0.1) is 15.5 Å². The molecule has 37 heavy (non-hydrogen) atoms. The predicted molar refractivity (Wildman–Crippen MR) is 128 cm³/mol. The van der Waals surface area contributed by atoms with Crippen LogP contribution in [0.15, 0.2) is 42.7 Å². The van der Waals surface area contributed by atoms with Crippen LogP contribution in [-0.4, -0.2) is 52.8 Å². The van der Waals surface area contributed by atoms with Crippen LogP contribution >= 0.6 is 11.6 Å². The summed E-state index contributed by atoms with van der Waals surface area (Å²) in [5.41, 5.74) is -0.471. The molecule has 0 bridgehead atoms. The van der Waals surface area contributed by atoms with Gasteiger partial charge in [-0.1, -0.05) is 17.7 Å². The van der Waals surface area contributed by atoms with Crippen molar-refractivity contribution in [2.24, 2.45) is 0 Å². The van der Waals surface area contributed by atoms with Gasteiger partial charge in [-0.25, -0.2) is 9.97 Å². The fourth-order valence-electron chi connectivity index (χ4n) is 4.23. The van der Waals surface area contributed by atoms with E-state index in [1.165, 1.54) is 6.07 Å². The second-order valence-corrected chi connectivity index (χ2v) is 8.83. The number of hydrogen-bond donors (Lipinski definition) is 1. The smallest absolute Gasteiger partial charge is 0.417 e. The summed E-state index contributed by atoms with van der Waals surface area (Å²) in [7, 11) is 0. The fraction of sp³-hybridized carbons (Fsp3) is 0.304. The summed E-state index contributed by atoms with van der Waals surface area (Å²) in [6, 6.07) is 8.91. The molecule has 3 heterocycles. The van der Waals surface area contributed by atoms with E-state index in [2.05, 4.69) is 20.2 Å². The van der Waals surface area contributed by atoms with Crippen molar-refractivity contribution in [2.75, 3.05) is 43.2 Å². The van der Waals surface area contributed by atoms with Gasteiger partial charge in [-0.15, -0.1) is 0 Å². The highest BCUT2D eigenvalue weighted by atomic mass is 35.5. The molecule has 194 valence electrons. The number of halogens is 4. The molecule has 1 N–H and O–H groups in total. The standard InChI is InChI=1S/C23H20ClF3N6O4/c24-17-3-2-15(10-16(17)23(25,26)27)30-21-20(33(34)35)22(29-12-28-21)32-7-5-31(6-8-32)11-14-1-4-18-19(9-14)37-13-36-18/h1-4,9-10,12H,5-8,11,13H2,(H,28,29,30). The summed E-state index contributed by atoms with van der Waals surface area (Å²) in [6.07, 6.45) is -3.54. The number of ether oxygens (including phenoxy) is 2. The van der Waals surface area contributed by atoms with E-state index >= 15 is 0 Å². The summed E-state index contributed by atoms with van der Waals surface area (Å²) in [5.74, 6) is 1.29. The molecule has 0 aliphatic carbocycles. The molecule has 2 aromatic carbocycles. The van der Waals surface area contributed by atoms with Gasteiger partial charge < -0.3 is 19.7 Å². The summed E-state index contributed by atoms with van der Waals surface area (Å²) in [5, 5.41) is 14.1. The minimum Gasteiger partial charge on any atom is -0.454 e. The Morgan fingerprint density at radius 2 is 1.81 bits per heavy atom. The van der Waals surface area contributed by atoms with E-state index in [4.69, 9.17) is 21.1 Å². The SMILES string of the molecule is O=[N+]([O-])c1c(Nc2ccc(Cl)c(C(F)(F)F)c2)ncnc1N1CCN(Cc2ccc3c(c2)OCO3)CC1. The van der Waals surface area contributed by atoms with Crippen LogP contribution in [0.3, 0.4) is 0 Å². The monoisotopic (exact) mass is 536 g/mol. The van der Waals surface area contributed by atoms with Crippen LogP contribution in [0.1, 0.15) is 11.1 Å². The van der Waals surface area contributed by atoms with E-state index in [-0.39, 0.29) is 24.1 Å². The molecule has 0 spiro atoms. The molecule has 1 fully saturated rings. The van der Waals surface area contributed by atoms with E-state index < -0.39 is 27.4 Å². The quantitative estimate of drug-likeness (QED) is 0.349. The van der Waals surface area contributed by atoms with Crippen molar-refractivity contribution in [1.82, 2.24) is 14.9 Å². The average molecular weight is 537 g/mol. The van der Waals surface area contributed by atoms with Crippen molar-refractivity contribution in [3.05, 3.63) is 69.0 Å². The first-order valence-corrected chi connectivity index (χ1v) is 11.6. The van der Waals surface area contributed by atoms with Gasteiger partial charge in [0.25, 0.3) is 0 Å². The normalized spacial score (nSPS) is 15.6. The molecule has 14 heteroatoms. The Labute approximate surface area is 213 Å². The number of nitro groups is 1. The Balaban J connectivity index is 1.31. The van der Waals surface area contributed by atoms with Gasteiger partial charge in [0, 0.05) is 38.4 Å². The van der Waals surface area contributed by atoms with Crippen LogP contribution in [0.25, 0.3) is 0 Å². The Hall–Kier alpha value is -3.84. The highest BCUT2D eigenvalue weighted by molar-refractivity contribution is 6.31. The number of fused-ring (bicyclic) bond motifs is 1. The number of rotatable bonds is 6. The first-order chi connectivity index (χ1) is 17.7. The lowest BCUT2D eigenvalue weighted by Gasteiger charge is -2.35. The molecule has 0 saturated carbocycles. The largest absolute Gasteiger partial charge is 0.454 e. The number of aromatic nitrogens is 2. The van der Waals surface area contributed by atoms with Crippen LogP contribution in [0.2, 0.25) is 5.02 Å². The minimum atomic E-state index is -4.68. The van der Waals surface area contributed by atoms with Crippen molar-refractivity contribution in [2.45, 2.75) is 12.7 Å². The maximum Gasteiger partial charge on any atom is 0.417 e. The van der Waals surface area contributed by atoms with Crippen LogP contribution in [-0.2, 0) is 12.7 Å². The van der Waals surface area contributed by atoms with Crippen LogP contribution in [0.4, 0.5) is 36.2 Å². The van der Waals surface area contributed by atoms with Crippen molar-refractivity contribution < 1.29 is 27.6 Å². The molecule has 0 unspecified atom stereocenters. The van der Waals surface area contributed by atoms with E-state index in [1.54, 1.807) is 4.90 Å². The number of piperazine rings is 1. The molecule has 10 nitrogen and oxygen atoms in total. The summed E-state index contributed by atoms with van der Waals surface area (Å²) in [6.45, 7) is 3.02. The van der Waals surface area contributed by atoms with E-state index in [0.717, 1.165) is 24.0 Å². The predicted octanol–water partition coefficient (Wildman–Crippen LogP) is 4.85. The van der Waals surface area contributed by atoms with Crippen LogP contribution < -0.4 is 19.7 Å². The molecular formula is C23H20ClF3N6O4. The highest BCUT2D eigenvalue weighted by Gasteiger charge is 2.34. The molecule has 0 atom stereocenters. The van der Waals surface area contributed by atoms with Gasteiger partial charge in [-0.05, 0) is 35.9 Å². The third-order valence-corrected chi connectivity index (χ3v) is 6.36. The third-order valence-electron chi connectivity index (χ3n) is 6.04. The Morgan fingerprint density at radius 1 is 1.05 bits per heavy atom. The van der Waals surface area contributed by atoms with E-state index in [1.807, 2.05) is 18.2 Å². The van der Waals surface area contributed by atoms with Gasteiger partial charge in [-0.2, -0.15) is 13.2 Å². The van der Waals surface area contributed by atoms with Crippen LogP contribution in [0, 0.1) is 10.1 Å². The first-order valence-electron chi connectivity index (χ1n) is 11.2. The minimum absolute atomic E-state index is 0.0435. The number of nitrogens with zero attached hydrogens (tertiary/aromatic N) is 5. The summed E-state index contributed by atoms with van der Waals surface area (Å²) < 4.78 is 50.5. The number of benzene rings is 2. The average Bonchev–Trinajstić information content (AvgIpc) is 3.33. The molecule has 0 amide bonds. The number of hydrogen-bond acceptors (Lipinski definition) is 9. The fourth-order valence-corrected chi connectivity index (χ4v) is 4.46. The topological polar surface area (TPSA) is 106 Å². The molecule has 2 aliphatic rings. The maximum absolute atomic E-state index is 13.2. The van der Waals surface area contributed by atoms with Gasteiger partial charge >= 0.3 is 11.9 Å². The van der Waals surface area contributed by atoms with Crippen molar-refractivity contribution >= 4 is 34.6 Å². The zero-order chi connectivity index (χ0) is 26.2. The number of alkyl halides is 3. The van der Waals surface area contributed by atoms with Crippen molar-refractivity contribution in [3.63, 3.8) is 0 Å².